The number of quaternary nitrogens is 3. The molecule has 0 heterocycles. The van der Waals surface area contributed by atoms with Crippen LogP contribution in [-0.4, -0.2) is 94.5 Å². The monoisotopic (exact) mass is 833 g/mol. The van der Waals surface area contributed by atoms with E-state index < -0.39 is 0 Å². The van der Waals surface area contributed by atoms with Crippen molar-refractivity contribution in [1.29, 1.82) is 0 Å². The summed E-state index contributed by atoms with van der Waals surface area (Å²) in [6.45, 7) is 16.4. The van der Waals surface area contributed by atoms with Crippen LogP contribution in [0.3, 0.4) is 0 Å². The fourth-order valence-corrected chi connectivity index (χ4v) is 6.56. The molecule has 6 heteroatoms. The molecule has 0 saturated heterocycles. The van der Waals surface area contributed by atoms with Gasteiger partial charge in [0.05, 0.1) is 54.9 Å². The summed E-state index contributed by atoms with van der Waals surface area (Å²) in [6.07, 6.45) is 34.3. The molecule has 0 aromatic heterocycles. The molecule has 0 aliphatic rings. The van der Waals surface area contributed by atoms with E-state index in [9.17, 15) is 0 Å². The SMILES string of the molecule is CCCCCCCCCC[N+](C)(C)CC[N+](C)(CCCCCCCCCC)CC[N+](C)(C)CCCCCCCCCC.[Br-].[Br-].[Br-]. The second-order valence-corrected chi connectivity index (χ2v) is 16.0. The molecule has 278 valence electrons. The van der Waals surface area contributed by atoms with Crippen LogP contribution in [0.2, 0.25) is 0 Å². The fourth-order valence-electron chi connectivity index (χ4n) is 6.56. The standard InChI is InChI=1S/C39H86N3.3BrH/c1-9-12-15-18-21-24-27-30-33-40(4,5)36-38-42(8,35-32-29-26-23-20-17-14-11-3)39-37-41(6,7)34-31-28-25-22-19-16-13-10-2;;;/h9-39H2,1-8H3;3*1H/q+3;;;/p-3. The lowest BCUT2D eigenvalue weighted by Crippen LogP contribution is -3.00. The number of rotatable bonds is 33. The lowest BCUT2D eigenvalue weighted by atomic mass is 10.1. The first-order chi connectivity index (χ1) is 20.1. The molecule has 0 fully saturated rings. The quantitative estimate of drug-likeness (QED) is 0.0703. The number of hydrogen-bond donors (Lipinski definition) is 0. The van der Waals surface area contributed by atoms with Crippen molar-refractivity contribution < 1.29 is 64.4 Å². The summed E-state index contributed by atoms with van der Waals surface area (Å²) in [7, 11) is 12.6. The number of halogens is 3. The van der Waals surface area contributed by atoms with E-state index in [1.54, 1.807) is 0 Å². The van der Waals surface area contributed by atoms with Gasteiger partial charge in [0, 0.05) is 0 Å². The van der Waals surface area contributed by atoms with E-state index in [4.69, 9.17) is 0 Å². The summed E-state index contributed by atoms with van der Waals surface area (Å²) < 4.78 is 3.70. The molecular weight excluding hydrogens is 750 g/mol. The molecule has 0 spiro atoms. The Bertz CT molecular complexity index is 536. The first kappa shape index (κ1) is 53.1. The summed E-state index contributed by atoms with van der Waals surface area (Å²) >= 11 is 0. The fraction of sp³-hybridized carbons (Fsp3) is 1.00. The predicted molar refractivity (Wildman–Crippen MR) is 192 cm³/mol. The van der Waals surface area contributed by atoms with Gasteiger partial charge in [-0.15, -0.1) is 0 Å². The molecule has 0 atom stereocenters. The van der Waals surface area contributed by atoms with Crippen LogP contribution in [0.25, 0.3) is 0 Å². The van der Waals surface area contributed by atoms with Crippen LogP contribution in [0.4, 0.5) is 0 Å². The second-order valence-electron chi connectivity index (χ2n) is 16.0. The Morgan fingerprint density at radius 3 is 0.733 bits per heavy atom. The van der Waals surface area contributed by atoms with E-state index >= 15 is 0 Å². The van der Waals surface area contributed by atoms with Gasteiger partial charge in [-0.05, 0) is 38.5 Å². The lowest BCUT2D eigenvalue weighted by molar-refractivity contribution is -0.977. The normalized spacial score (nSPS) is 12.0. The van der Waals surface area contributed by atoms with Crippen molar-refractivity contribution >= 4 is 0 Å². The van der Waals surface area contributed by atoms with E-state index in [0.29, 0.717) is 0 Å². The highest BCUT2D eigenvalue weighted by molar-refractivity contribution is 4.51. The minimum Gasteiger partial charge on any atom is -1.00 e. The summed E-state index contributed by atoms with van der Waals surface area (Å²) in [4.78, 5) is 0. The largest absolute Gasteiger partial charge is 1.00 e. The lowest BCUT2D eigenvalue weighted by Gasteiger charge is -2.40. The van der Waals surface area contributed by atoms with Gasteiger partial charge < -0.3 is 64.4 Å². The zero-order valence-electron chi connectivity index (χ0n) is 32.4. The summed E-state index contributed by atoms with van der Waals surface area (Å²) in [5.41, 5.74) is 0. The van der Waals surface area contributed by atoms with E-state index in [1.807, 2.05) is 0 Å². The second kappa shape index (κ2) is 35.2. The molecule has 0 radical (unpaired) electrons. The number of likely N-dealkylation sites (N-methyl/N-ethyl adjacent to an activating group) is 3. The summed E-state index contributed by atoms with van der Waals surface area (Å²) in [5.74, 6) is 0. The Balaban J connectivity index is -0.00000280. The minimum atomic E-state index is 0. The maximum absolute atomic E-state index is 2.61. The van der Waals surface area contributed by atoms with E-state index in [1.165, 1.54) is 213 Å². The van der Waals surface area contributed by atoms with Gasteiger partial charge >= 0.3 is 0 Å². The van der Waals surface area contributed by atoms with Gasteiger partial charge in [0.2, 0.25) is 0 Å². The Kier molecular flexibility index (Phi) is 41.5. The van der Waals surface area contributed by atoms with E-state index in [0.717, 1.165) is 0 Å². The molecule has 3 nitrogen and oxygen atoms in total. The molecule has 0 aromatic rings. The van der Waals surface area contributed by atoms with Gasteiger partial charge in [0.1, 0.15) is 26.2 Å². The third kappa shape index (κ3) is 36.4. The smallest absolute Gasteiger partial charge is 0.128 e. The van der Waals surface area contributed by atoms with Crippen molar-refractivity contribution in [2.24, 2.45) is 0 Å². The molecule has 0 N–H and O–H groups in total. The van der Waals surface area contributed by atoms with Crippen molar-refractivity contribution in [3.05, 3.63) is 0 Å². The van der Waals surface area contributed by atoms with Crippen LogP contribution >= 0.6 is 0 Å². The zero-order valence-corrected chi connectivity index (χ0v) is 37.2. The summed E-state index contributed by atoms with van der Waals surface area (Å²) in [5, 5.41) is 0. The molecular formula is C39H86Br3N3. The van der Waals surface area contributed by atoms with Crippen LogP contribution in [-0.2, 0) is 0 Å². The molecule has 0 amide bonds. The first-order valence-corrected chi connectivity index (χ1v) is 19.6. The molecule has 45 heavy (non-hydrogen) atoms. The predicted octanol–water partition coefficient (Wildman–Crippen LogP) is 2.02. The average molecular weight is 837 g/mol. The zero-order chi connectivity index (χ0) is 31.4. The highest BCUT2D eigenvalue weighted by atomic mass is 79.9. The van der Waals surface area contributed by atoms with Crippen molar-refractivity contribution in [2.75, 3.05) is 81.1 Å². The van der Waals surface area contributed by atoms with Crippen molar-refractivity contribution in [2.45, 2.75) is 175 Å². The summed E-state index contributed by atoms with van der Waals surface area (Å²) in [6, 6.07) is 0. The Morgan fingerprint density at radius 2 is 0.467 bits per heavy atom. The van der Waals surface area contributed by atoms with Gasteiger partial charge in [-0.3, -0.25) is 0 Å². The van der Waals surface area contributed by atoms with Crippen LogP contribution < -0.4 is 50.9 Å². The Hall–Kier alpha value is 1.32. The highest BCUT2D eigenvalue weighted by Gasteiger charge is 2.29. The Morgan fingerprint density at radius 1 is 0.244 bits per heavy atom. The number of nitrogens with zero attached hydrogens (tertiary/aromatic N) is 3. The molecule has 0 unspecified atom stereocenters. The number of hydrogen-bond acceptors (Lipinski definition) is 0. The van der Waals surface area contributed by atoms with Crippen LogP contribution in [0.1, 0.15) is 175 Å². The molecule has 0 saturated carbocycles. The number of unbranched alkanes of at least 4 members (excludes halogenated alkanes) is 21. The van der Waals surface area contributed by atoms with Crippen LogP contribution in [0.5, 0.6) is 0 Å². The molecule has 0 rings (SSSR count). The van der Waals surface area contributed by atoms with E-state index in [-0.39, 0.29) is 50.9 Å². The van der Waals surface area contributed by atoms with Crippen LogP contribution in [0.15, 0.2) is 0 Å². The first-order valence-electron chi connectivity index (χ1n) is 19.6. The van der Waals surface area contributed by atoms with Gasteiger partial charge in [-0.2, -0.15) is 0 Å². The molecule has 0 aromatic carbocycles. The van der Waals surface area contributed by atoms with Gasteiger partial charge in [-0.25, -0.2) is 0 Å². The topological polar surface area (TPSA) is 0 Å². The average Bonchev–Trinajstić information content (AvgIpc) is 2.95. The maximum Gasteiger partial charge on any atom is 0.128 e. The van der Waals surface area contributed by atoms with Gasteiger partial charge in [0.25, 0.3) is 0 Å². The van der Waals surface area contributed by atoms with Gasteiger partial charge in [0.15, 0.2) is 0 Å². The van der Waals surface area contributed by atoms with Crippen LogP contribution in [0, 0.1) is 0 Å². The molecule has 0 aliphatic heterocycles. The Labute approximate surface area is 318 Å². The molecule has 0 bridgehead atoms. The van der Waals surface area contributed by atoms with Gasteiger partial charge in [-0.1, -0.05) is 136 Å². The maximum atomic E-state index is 2.61. The third-order valence-electron chi connectivity index (χ3n) is 10.3. The third-order valence-corrected chi connectivity index (χ3v) is 10.3. The molecule has 0 aliphatic carbocycles. The van der Waals surface area contributed by atoms with E-state index in [2.05, 4.69) is 56.0 Å². The minimum absolute atomic E-state index is 0. The highest BCUT2D eigenvalue weighted by Crippen LogP contribution is 2.16. The van der Waals surface area contributed by atoms with Crippen molar-refractivity contribution in [1.82, 2.24) is 0 Å². The van der Waals surface area contributed by atoms with Crippen molar-refractivity contribution in [3.8, 4) is 0 Å². The van der Waals surface area contributed by atoms with Crippen molar-refractivity contribution in [3.63, 3.8) is 0 Å².